The third kappa shape index (κ3) is 17.8. The van der Waals surface area contributed by atoms with Gasteiger partial charge in [0.2, 0.25) is 0 Å². The zero-order valence-electron chi connectivity index (χ0n) is 41.3. The number of rotatable bonds is 29. The van der Waals surface area contributed by atoms with Crippen molar-refractivity contribution in [1.29, 1.82) is 0 Å². The van der Waals surface area contributed by atoms with E-state index in [-0.39, 0.29) is 0 Å². The van der Waals surface area contributed by atoms with E-state index in [0.717, 1.165) is 47.6 Å². The SMILES string of the molecule is CCCCCCCC1CCC(CCCCc2ccc(C(=O)O[C@H](c3ccccc3)[C@H](OC(=O)c3ccc(CCCCC4CCC(CCCCCCC)CC4)cc3)c3ccccc3)cc2)CC1. The summed E-state index contributed by atoms with van der Waals surface area (Å²) < 4.78 is 12.7. The molecular weight excluding hydrogens is 809 g/mol. The predicted molar refractivity (Wildman–Crippen MR) is 275 cm³/mol. The molecule has 0 radical (unpaired) electrons. The maximum absolute atomic E-state index is 13.9. The average molecular weight is 895 g/mol. The summed E-state index contributed by atoms with van der Waals surface area (Å²) in [6.07, 6.45) is 36.1. The molecule has 2 aliphatic rings. The molecule has 2 atom stereocenters. The lowest BCUT2D eigenvalue weighted by molar-refractivity contribution is -0.0388. The predicted octanol–water partition coefficient (Wildman–Crippen LogP) is 17.9. The first-order valence-corrected chi connectivity index (χ1v) is 27.2. The van der Waals surface area contributed by atoms with Gasteiger partial charge in [0.05, 0.1) is 11.1 Å². The number of ether oxygens (including phenoxy) is 2. The van der Waals surface area contributed by atoms with Crippen LogP contribution >= 0.6 is 0 Å². The van der Waals surface area contributed by atoms with Gasteiger partial charge in [0.15, 0.2) is 12.2 Å². The van der Waals surface area contributed by atoms with Gasteiger partial charge in [-0.25, -0.2) is 9.59 Å². The highest BCUT2D eigenvalue weighted by Gasteiger charge is 2.33. The minimum Gasteiger partial charge on any atom is -0.450 e. The number of carbonyl (C=O) groups is 2. The van der Waals surface area contributed by atoms with Gasteiger partial charge in [0.25, 0.3) is 0 Å². The van der Waals surface area contributed by atoms with Crippen molar-refractivity contribution in [3.05, 3.63) is 143 Å². The van der Waals surface area contributed by atoms with Crippen LogP contribution in [0.2, 0.25) is 0 Å². The zero-order chi connectivity index (χ0) is 46.0. The Balaban J connectivity index is 0.966. The Morgan fingerprint density at radius 3 is 1.02 bits per heavy atom. The molecule has 2 fully saturated rings. The van der Waals surface area contributed by atoms with Crippen molar-refractivity contribution in [3.8, 4) is 0 Å². The molecule has 4 heteroatoms. The number of hydrogen-bond acceptors (Lipinski definition) is 4. The molecule has 0 heterocycles. The molecule has 0 aromatic heterocycles. The molecule has 66 heavy (non-hydrogen) atoms. The number of unbranched alkanes of at least 4 members (excludes halogenated alkanes) is 10. The summed E-state index contributed by atoms with van der Waals surface area (Å²) >= 11 is 0. The lowest BCUT2D eigenvalue weighted by atomic mass is 9.78. The van der Waals surface area contributed by atoms with Gasteiger partial charge >= 0.3 is 11.9 Å². The number of carbonyl (C=O) groups excluding carboxylic acids is 2. The van der Waals surface area contributed by atoms with Crippen molar-refractivity contribution in [3.63, 3.8) is 0 Å². The molecule has 0 N–H and O–H groups in total. The highest BCUT2D eigenvalue weighted by molar-refractivity contribution is 5.90. The van der Waals surface area contributed by atoms with Crippen molar-refractivity contribution < 1.29 is 19.1 Å². The van der Waals surface area contributed by atoms with E-state index in [1.807, 2.05) is 84.9 Å². The summed E-state index contributed by atoms with van der Waals surface area (Å²) in [6, 6.07) is 35.1. The van der Waals surface area contributed by atoms with Gasteiger partial charge in [0.1, 0.15) is 0 Å². The van der Waals surface area contributed by atoms with Crippen LogP contribution in [-0.2, 0) is 22.3 Å². The Morgan fingerprint density at radius 2 is 0.697 bits per heavy atom. The van der Waals surface area contributed by atoms with E-state index in [9.17, 15) is 9.59 Å². The molecule has 0 unspecified atom stereocenters. The second-order valence-electron chi connectivity index (χ2n) is 20.5. The van der Waals surface area contributed by atoms with E-state index >= 15 is 0 Å². The van der Waals surface area contributed by atoms with Crippen LogP contribution < -0.4 is 0 Å². The quantitative estimate of drug-likeness (QED) is 0.0402. The maximum Gasteiger partial charge on any atom is 0.338 e. The summed E-state index contributed by atoms with van der Waals surface area (Å²) in [5.41, 5.74) is 5.01. The Labute approximate surface area is 401 Å². The first kappa shape index (κ1) is 51.2. The highest BCUT2D eigenvalue weighted by atomic mass is 16.6. The summed E-state index contributed by atoms with van der Waals surface area (Å²) in [4.78, 5) is 27.9. The fraction of sp³-hybridized carbons (Fsp3) is 0.581. The first-order chi connectivity index (χ1) is 32.5. The van der Waals surface area contributed by atoms with Crippen LogP contribution in [-0.4, -0.2) is 11.9 Å². The van der Waals surface area contributed by atoms with Crippen LogP contribution in [0.3, 0.4) is 0 Å². The van der Waals surface area contributed by atoms with Gasteiger partial charge in [-0.1, -0.05) is 253 Å². The largest absolute Gasteiger partial charge is 0.450 e. The Hall–Kier alpha value is -4.18. The third-order valence-corrected chi connectivity index (χ3v) is 15.4. The molecule has 4 nitrogen and oxygen atoms in total. The first-order valence-electron chi connectivity index (χ1n) is 27.2. The molecule has 0 saturated heterocycles. The number of benzene rings is 4. The van der Waals surface area contributed by atoms with Crippen LogP contribution in [0.1, 0.15) is 236 Å². The van der Waals surface area contributed by atoms with Crippen LogP contribution in [0.15, 0.2) is 109 Å². The smallest absolute Gasteiger partial charge is 0.338 e. The van der Waals surface area contributed by atoms with Gasteiger partial charge in [-0.2, -0.15) is 0 Å². The summed E-state index contributed by atoms with van der Waals surface area (Å²) in [6.45, 7) is 4.59. The van der Waals surface area contributed by atoms with Crippen molar-refractivity contribution in [2.75, 3.05) is 0 Å². The Kier molecular flexibility index (Phi) is 22.9. The monoisotopic (exact) mass is 895 g/mol. The van der Waals surface area contributed by atoms with Gasteiger partial charge in [-0.05, 0) is 95.9 Å². The van der Waals surface area contributed by atoms with E-state index in [4.69, 9.17) is 9.47 Å². The summed E-state index contributed by atoms with van der Waals surface area (Å²) in [5, 5.41) is 0. The molecule has 6 rings (SSSR count). The summed E-state index contributed by atoms with van der Waals surface area (Å²) in [7, 11) is 0. The molecule has 2 aliphatic carbocycles. The fourth-order valence-electron chi connectivity index (χ4n) is 11.1. The maximum atomic E-state index is 13.9. The van der Waals surface area contributed by atoms with Gasteiger partial charge < -0.3 is 9.47 Å². The van der Waals surface area contributed by atoms with Crippen LogP contribution in [0.5, 0.6) is 0 Å². The van der Waals surface area contributed by atoms with Crippen LogP contribution in [0.4, 0.5) is 0 Å². The van der Waals surface area contributed by atoms with Crippen molar-refractivity contribution in [1.82, 2.24) is 0 Å². The topological polar surface area (TPSA) is 52.6 Å². The van der Waals surface area contributed by atoms with E-state index in [0.29, 0.717) is 11.1 Å². The van der Waals surface area contributed by atoms with E-state index in [2.05, 4.69) is 38.1 Å². The number of aryl methyl sites for hydroxylation is 2. The second kappa shape index (κ2) is 29.6. The Bertz CT molecular complexity index is 1750. The minimum absolute atomic E-state index is 0.436. The van der Waals surface area contributed by atoms with Crippen molar-refractivity contribution >= 4 is 11.9 Å². The standard InChI is InChI=1S/C62H86O4/c1-3-5-7-9-13-23-49-33-37-51(38-34-49)25-19-21-27-53-41-45-57(46-42-53)61(63)65-59(55-29-15-11-16-30-55)60(56-31-17-12-18-32-56)66-62(64)58-47-43-54(44-48-58)28-22-20-26-52-39-35-50(36-40-52)24-14-10-8-6-4-2/h11-12,15-18,29-32,41-52,59-60H,3-10,13-14,19-28,33-40H2,1-2H3/t49?,50?,51?,52?,59-,60-/m1/s1. The molecule has 2 saturated carbocycles. The lowest BCUT2D eigenvalue weighted by Gasteiger charge is -2.28. The zero-order valence-corrected chi connectivity index (χ0v) is 41.3. The molecule has 0 spiro atoms. The lowest BCUT2D eigenvalue weighted by Crippen LogP contribution is -2.23. The molecule has 0 aliphatic heterocycles. The second-order valence-corrected chi connectivity index (χ2v) is 20.5. The average Bonchev–Trinajstić information content (AvgIpc) is 3.36. The molecule has 0 amide bonds. The number of hydrogen-bond donors (Lipinski definition) is 0. The minimum atomic E-state index is -0.851. The highest BCUT2D eigenvalue weighted by Crippen LogP contribution is 2.38. The molecule has 0 bridgehead atoms. The van der Waals surface area contributed by atoms with Crippen LogP contribution in [0.25, 0.3) is 0 Å². The third-order valence-electron chi connectivity index (χ3n) is 15.4. The van der Waals surface area contributed by atoms with E-state index in [1.165, 1.54) is 178 Å². The molecule has 4 aromatic carbocycles. The van der Waals surface area contributed by atoms with Crippen LogP contribution in [0, 0.1) is 23.7 Å². The van der Waals surface area contributed by atoms with Crippen molar-refractivity contribution in [2.45, 2.75) is 206 Å². The molecule has 4 aromatic rings. The summed E-state index contributed by atoms with van der Waals surface area (Å²) in [5.74, 6) is 2.86. The van der Waals surface area contributed by atoms with Gasteiger partial charge in [-0.3, -0.25) is 0 Å². The fourth-order valence-corrected chi connectivity index (χ4v) is 11.1. The number of esters is 2. The van der Waals surface area contributed by atoms with E-state index in [1.54, 1.807) is 0 Å². The van der Waals surface area contributed by atoms with Gasteiger partial charge in [0, 0.05) is 0 Å². The van der Waals surface area contributed by atoms with Crippen molar-refractivity contribution in [2.24, 2.45) is 23.7 Å². The molecular formula is C62H86O4. The van der Waals surface area contributed by atoms with E-state index < -0.39 is 24.1 Å². The van der Waals surface area contributed by atoms with Gasteiger partial charge in [-0.15, -0.1) is 0 Å². The normalized spacial score (nSPS) is 19.5. The molecule has 358 valence electrons. The Morgan fingerprint density at radius 1 is 0.394 bits per heavy atom.